The van der Waals surface area contributed by atoms with Crippen molar-refractivity contribution in [3.8, 4) is 51.9 Å². The Bertz CT molecular complexity index is 2960. The molecule has 0 unspecified atom stereocenters. The molecule has 0 aliphatic carbocycles. The van der Waals surface area contributed by atoms with Crippen LogP contribution in [0.2, 0.25) is 0 Å². The van der Waals surface area contributed by atoms with Crippen LogP contribution in [0.15, 0.2) is 90.0 Å². The van der Waals surface area contributed by atoms with Crippen LogP contribution in [0.4, 0.5) is 0 Å². The number of aromatic amines is 1. The van der Waals surface area contributed by atoms with E-state index in [2.05, 4.69) is 32.1 Å². The number of nitriles is 2. The summed E-state index contributed by atoms with van der Waals surface area (Å²) in [5, 5.41) is 37.9. The molecule has 15 nitrogen and oxygen atoms in total. The van der Waals surface area contributed by atoms with Gasteiger partial charge >= 0.3 is 0 Å². The molecule has 0 spiro atoms. The van der Waals surface area contributed by atoms with Crippen molar-refractivity contribution < 1.29 is 19.3 Å². The van der Waals surface area contributed by atoms with Crippen molar-refractivity contribution in [2.75, 3.05) is 68.7 Å². The maximum absolute atomic E-state index is 12.2. The molecule has 0 saturated heterocycles. The lowest BCUT2D eigenvalue weighted by Gasteiger charge is -2.14. The highest BCUT2D eigenvalue weighted by molar-refractivity contribution is 6.12. The molecule has 61 heavy (non-hydrogen) atoms. The van der Waals surface area contributed by atoms with E-state index < -0.39 is 0 Å². The smallest absolute Gasteiger partial charge is 0.221 e. The van der Waals surface area contributed by atoms with Crippen LogP contribution in [0.1, 0.15) is 11.1 Å². The number of likely N-dealkylation sites (N-methyl/N-ethyl adjacent to an activating group) is 2. The SMILES string of the molecule is CN(C)CCO.COc1cc2ncc3c(c(-c4ccc(C#N)cc4)[nH]n3C)c2cc1=O.COc1cc2ncc3c(c(-c4ccc(C#N)cc4)nn3C)c2cc1OCCN(C)C. The first-order valence-corrected chi connectivity index (χ1v) is 19.3. The van der Waals surface area contributed by atoms with E-state index in [4.69, 9.17) is 34.9 Å². The average molecular weight is 821 g/mol. The van der Waals surface area contributed by atoms with E-state index in [-0.39, 0.29) is 17.8 Å². The normalized spacial score (nSPS) is 11.0. The largest absolute Gasteiger partial charge is 0.493 e. The number of aryl methyl sites for hydroxylation is 2. The molecule has 0 aliphatic heterocycles. The molecular weight excluding hydrogens is 773 g/mol. The van der Waals surface area contributed by atoms with Crippen LogP contribution in [0.25, 0.3) is 66.1 Å². The molecule has 4 aromatic carbocycles. The van der Waals surface area contributed by atoms with Crippen LogP contribution in [-0.4, -0.2) is 113 Å². The van der Waals surface area contributed by atoms with E-state index in [1.54, 1.807) is 49.7 Å². The van der Waals surface area contributed by atoms with Gasteiger partial charge in [-0.2, -0.15) is 15.6 Å². The van der Waals surface area contributed by atoms with Crippen molar-refractivity contribution in [1.29, 1.82) is 10.5 Å². The molecule has 8 rings (SSSR count). The van der Waals surface area contributed by atoms with Gasteiger partial charge in [-0.3, -0.25) is 29.2 Å². The van der Waals surface area contributed by atoms with Crippen molar-refractivity contribution in [2.45, 2.75) is 0 Å². The Morgan fingerprint density at radius 2 is 1.28 bits per heavy atom. The Morgan fingerprint density at radius 1 is 0.721 bits per heavy atom. The summed E-state index contributed by atoms with van der Waals surface area (Å²) in [6.45, 7) is 2.37. The number of benzene rings is 4. The van der Waals surface area contributed by atoms with Gasteiger partial charge in [-0.15, -0.1) is 0 Å². The number of rotatable bonds is 10. The van der Waals surface area contributed by atoms with Gasteiger partial charge in [0.25, 0.3) is 0 Å². The Morgan fingerprint density at radius 3 is 1.82 bits per heavy atom. The van der Waals surface area contributed by atoms with Gasteiger partial charge in [-0.25, -0.2) is 0 Å². The van der Waals surface area contributed by atoms with Gasteiger partial charge in [0.2, 0.25) is 5.43 Å². The minimum atomic E-state index is -0.182. The number of aliphatic hydroxyl groups is 1. The quantitative estimate of drug-likeness (QED) is 0.162. The van der Waals surface area contributed by atoms with Crippen LogP contribution in [0.5, 0.6) is 17.2 Å². The molecule has 312 valence electrons. The molecule has 0 bridgehead atoms. The minimum absolute atomic E-state index is 0.182. The van der Waals surface area contributed by atoms with Crippen LogP contribution in [0, 0.1) is 22.7 Å². The molecule has 0 aliphatic rings. The van der Waals surface area contributed by atoms with Crippen molar-refractivity contribution in [2.24, 2.45) is 14.1 Å². The summed E-state index contributed by atoms with van der Waals surface area (Å²) in [7, 11) is 14.8. The predicted octanol–water partition coefficient (Wildman–Crippen LogP) is 6.11. The Hall–Kier alpha value is -7.30. The highest BCUT2D eigenvalue weighted by Gasteiger charge is 2.19. The lowest BCUT2D eigenvalue weighted by atomic mass is 10.0. The lowest BCUT2D eigenvalue weighted by Crippen LogP contribution is -2.19. The first kappa shape index (κ1) is 43.3. The first-order chi connectivity index (χ1) is 29.4. The minimum Gasteiger partial charge on any atom is -0.493 e. The van der Waals surface area contributed by atoms with Gasteiger partial charge in [0, 0.05) is 72.0 Å². The number of fused-ring (bicyclic) bond motifs is 6. The molecule has 2 N–H and O–H groups in total. The second kappa shape index (κ2) is 19.2. The standard InChI is InChI=1S/C23H23N5O2.C19H14N4O2.C4H11NO/c1-27(2)9-10-30-21-11-17-18(12-20(21)29-4)25-14-19-22(17)23(26-28(19)3)16-7-5-15(13-24)6-8-16;1-23-15-10-21-14-8-17(25-2)16(24)7-13(14)18(15)19(22-23)12-5-3-11(9-20)4-6-12;1-5(2)3-4-6/h5-8,11-12,14H,9-10H2,1-4H3;3-8,10,22H,1-2H3;6H,3-4H2,1-2H3. The number of methoxy groups -OCH3 is 2. The van der Waals surface area contributed by atoms with Gasteiger partial charge < -0.3 is 29.1 Å². The van der Waals surface area contributed by atoms with E-state index in [0.717, 1.165) is 73.7 Å². The number of nitrogens with one attached hydrogen (secondary N) is 1. The van der Waals surface area contributed by atoms with E-state index in [1.807, 2.05) is 99.1 Å². The first-order valence-electron chi connectivity index (χ1n) is 19.3. The number of pyridine rings is 2. The third-order valence-corrected chi connectivity index (χ3v) is 9.93. The van der Waals surface area contributed by atoms with Crippen molar-refractivity contribution in [1.82, 2.24) is 39.3 Å². The van der Waals surface area contributed by atoms with Gasteiger partial charge in [0.15, 0.2) is 17.2 Å². The molecule has 0 saturated carbocycles. The molecule has 4 aromatic heterocycles. The molecule has 0 atom stereocenters. The number of hydrogen-bond donors (Lipinski definition) is 2. The fourth-order valence-corrected chi connectivity index (χ4v) is 6.72. The zero-order chi connectivity index (χ0) is 43.8. The Labute approximate surface area is 353 Å². The zero-order valence-corrected chi connectivity index (χ0v) is 35.5. The van der Waals surface area contributed by atoms with Gasteiger partial charge in [0.1, 0.15) is 12.3 Å². The maximum Gasteiger partial charge on any atom is 0.221 e. The topological polar surface area (TPSA) is 183 Å². The number of ether oxygens (including phenoxy) is 3. The molecule has 15 heteroatoms. The van der Waals surface area contributed by atoms with Crippen LogP contribution in [-0.2, 0) is 14.1 Å². The second-order valence-corrected chi connectivity index (χ2v) is 14.7. The Balaban J connectivity index is 0.000000182. The van der Waals surface area contributed by atoms with Crippen molar-refractivity contribution in [3.63, 3.8) is 0 Å². The van der Waals surface area contributed by atoms with Gasteiger partial charge in [-0.1, -0.05) is 24.3 Å². The molecule has 0 radical (unpaired) electrons. The third kappa shape index (κ3) is 9.45. The van der Waals surface area contributed by atoms with E-state index >= 15 is 0 Å². The summed E-state index contributed by atoms with van der Waals surface area (Å²) < 4.78 is 20.4. The summed E-state index contributed by atoms with van der Waals surface area (Å²) in [6, 6.07) is 26.1. The van der Waals surface area contributed by atoms with Crippen LogP contribution < -0.4 is 19.6 Å². The van der Waals surface area contributed by atoms with Gasteiger partial charge in [-0.05, 0) is 64.6 Å². The molecule has 0 fully saturated rings. The van der Waals surface area contributed by atoms with Gasteiger partial charge in [0.05, 0.1) is 84.2 Å². The molecular formula is C46H48N10O5. The van der Waals surface area contributed by atoms with Crippen LogP contribution >= 0.6 is 0 Å². The van der Waals surface area contributed by atoms with E-state index in [1.165, 1.54) is 7.11 Å². The third-order valence-electron chi connectivity index (χ3n) is 9.93. The average Bonchev–Trinajstić information content (AvgIpc) is 3.79. The fourth-order valence-electron chi connectivity index (χ4n) is 6.72. The summed E-state index contributed by atoms with van der Waals surface area (Å²) in [6.07, 6.45) is 3.59. The predicted molar refractivity (Wildman–Crippen MR) is 238 cm³/mol. The lowest BCUT2D eigenvalue weighted by molar-refractivity contribution is 0.243. The molecule has 0 amide bonds. The van der Waals surface area contributed by atoms with Crippen molar-refractivity contribution in [3.05, 3.63) is 107 Å². The van der Waals surface area contributed by atoms with Crippen molar-refractivity contribution >= 4 is 43.6 Å². The summed E-state index contributed by atoms with van der Waals surface area (Å²) in [5.41, 5.74) is 7.93. The zero-order valence-electron chi connectivity index (χ0n) is 35.5. The number of hydrogen-bond acceptors (Lipinski definition) is 12. The maximum atomic E-state index is 12.2. The molecule has 8 aromatic rings. The fraction of sp³-hybridized carbons (Fsp3) is 0.261. The second-order valence-electron chi connectivity index (χ2n) is 14.7. The highest BCUT2D eigenvalue weighted by atomic mass is 16.5. The number of aliphatic hydroxyl groups excluding tert-OH is 1. The summed E-state index contributed by atoms with van der Waals surface area (Å²) in [4.78, 5) is 25.3. The summed E-state index contributed by atoms with van der Waals surface area (Å²) in [5.74, 6) is 1.60. The monoisotopic (exact) mass is 820 g/mol. The number of H-pyrrole nitrogens is 1. The Kier molecular flexibility index (Phi) is 13.6. The van der Waals surface area contributed by atoms with E-state index in [9.17, 15) is 4.79 Å². The summed E-state index contributed by atoms with van der Waals surface area (Å²) >= 11 is 0. The number of aromatic nitrogens is 6. The highest BCUT2D eigenvalue weighted by Crippen LogP contribution is 2.39. The molecule has 4 heterocycles. The van der Waals surface area contributed by atoms with E-state index in [0.29, 0.717) is 34.7 Å². The number of nitrogens with zero attached hydrogens (tertiary/aromatic N) is 9. The van der Waals surface area contributed by atoms with Crippen LogP contribution in [0.3, 0.4) is 0 Å².